The Bertz CT molecular complexity index is 925. The summed E-state index contributed by atoms with van der Waals surface area (Å²) in [4.78, 5) is 40.2. The van der Waals surface area contributed by atoms with Gasteiger partial charge in [-0.25, -0.2) is 4.39 Å². The molecule has 6 nitrogen and oxygen atoms in total. The Labute approximate surface area is 188 Å². The number of rotatable bonds is 7. The molecule has 0 radical (unpaired) electrons. The van der Waals surface area contributed by atoms with Crippen LogP contribution in [-0.4, -0.2) is 47.8 Å². The Morgan fingerprint density at radius 1 is 0.969 bits per heavy atom. The molecule has 2 aromatic rings. The molecule has 3 rings (SSSR count). The highest BCUT2D eigenvalue weighted by Gasteiger charge is 2.34. The highest BCUT2D eigenvalue weighted by molar-refractivity contribution is 5.97. The minimum absolute atomic E-state index is 0.00114. The Morgan fingerprint density at radius 2 is 1.59 bits per heavy atom. The fourth-order valence-electron chi connectivity index (χ4n) is 3.86. The van der Waals surface area contributed by atoms with E-state index in [0.717, 1.165) is 6.42 Å². The number of piperidine rings is 1. The van der Waals surface area contributed by atoms with Gasteiger partial charge in [0, 0.05) is 30.3 Å². The number of nitrogens with one attached hydrogen (secondary N) is 2. The van der Waals surface area contributed by atoms with Gasteiger partial charge < -0.3 is 15.5 Å². The summed E-state index contributed by atoms with van der Waals surface area (Å²) in [6.45, 7) is 4.85. The lowest BCUT2D eigenvalue weighted by Gasteiger charge is -2.36. The van der Waals surface area contributed by atoms with Crippen LogP contribution in [0.2, 0.25) is 0 Å². The van der Waals surface area contributed by atoms with Crippen LogP contribution < -0.4 is 10.6 Å². The van der Waals surface area contributed by atoms with Gasteiger partial charge in [0.05, 0.1) is 0 Å². The molecule has 0 saturated carbocycles. The van der Waals surface area contributed by atoms with Crippen LogP contribution in [0.1, 0.15) is 53.8 Å². The van der Waals surface area contributed by atoms with Crippen LogP contribution in [-0.2, 0) is 4.79 Å². The third-order valence-electron chi connectivity index (χ3n) is 6.00. The first-order valence-electron chi connectivity index (χ1n) is 11.1. The van der Waals surface area contributed by atoms with Gasteiger partial charge in [0.15, 0.2) is 0 Å². The number of hydrogen-bond acceptors (Lipinski definition) is 3. The van der Waals surface area contributed by atoms with E-state index in [1.54, 1.807) is 29.2 Å². The maximum Gasteiger partial charge on any atom is 0.253 e. The van der Waals surface area contributed by atoms with E-state index in [1.807, 2.05) is 19.9 Å². The van der Waals surface area contributed by atoms with Crippen molar-refractivity contribution in [1.29, 1.82) is 0 Å². The third-order valence-corrected chi connectivity index (χ3v) is 6.00. The van der Waals surface area contributed by atoms with Gasteiger partial charge in [-0.2, -0.15) is 0 Å². The molecule has 1 saturated heterocycles. The van der Waals surface area contributed by atoms with E-state index in [4.69, 9.17) is 0 Å². The van der Waals surface area contributed by atoms with Crippen LogP contribution in [0.5, 0.6) is 0 Å². The molecule has 1 heterocycles. The normalized spacial score (nSPS) is 16.2. The largest absolute Gasteiger partial charge is 0.352 e. The summed E-state index contributed by atoms with van der Waals surface area (Å²) in [5.74, 6) is -1.13. The maximum absolute atomic E-state index is 13.2. The third kappa shape index (κ3) is 5.93. The van der Waals surface area contributed by atoms with Crippen molar-refractivity contribution in [2.45, 2.75) is 45.2 Å². The molecule has 7 heteroatoms. The zero-order valence-electron chi connectivity index (χ0n) is 18.5. The summed E-state index contributed by atoms with van der Waals surface area (Å²) in [6, 6.07) is 13.6. The second-order valence-corrected chi connectivity index (χ2v) is 8.27. The van der Waals surface area contributed by atoms with Gasteiger partial charge in [0.1, 0.15) is 11.9 Å². The van der Waals surface area contributed by atoms with Crippen molar-refractivity contribution in [2.75, 3.05) is 13.1 Å². The van der Waals surface area contributed by atoms with E-state index in [0.29, 0.717) is 37.1 Å². The minimum atomic E-state index is -0.681. The van der Waals surface area contributed by atoms with E-state index < -0.39 is 6.04 Å². The van der Waals surface area contributed by atoms with Gasteiger partial charge in [-0.3, -0.25) is 14.4 Å². The maximum atomic E-state index is 13.2. The molecule has 170 valence electrons. The van der Waals surface area contributed by atoms with Crippen molar-refractivity contribution in [3.8, 4) is 0 Å². The second kappa shape index (κ2) is 10.9. The Kier molecular flexibility index (Phi) is 7.98. The van der Waals surface area contributed by atoms with E-state index in [9.17, 15) is 18.8 Å². The highest BCUT2D eigenvalue weighted by Crippen LogP contribution is 2.23. The molecule has 0 aliphatic carbocycles. The summed E-state index contributed by atoms with van der Waals surface area (Å²) in [7, 11) is 0. The van der Waals surface area contributed by atoms with Crippen molar-refractivity contribution in [1.82, 2.24) is 15.5 Å². The Balaban J connectivity index is 1.68. The molecule has 1 fully saturated rings. The molecule has 2 N–H and O–H groups in total. The first-order valence-corrected chi connectivity index (χ1v) is 11.1. The first-order chi connectivity index (χ1) is 15.4. The molecule has 1 aliphatic heterocycles. The molecule has 32 heavy (non-hydrogen) atoms. The molecule has 2 aromatic carbocycles. The number of carbonyl (C=O) groups is 3. The number of hydrogen-bond donors (Lipinski definition) is 2. The van der Waals surface area contributed by atoms with Crippen LogP contribution in [0.4, 0.5) is 4.39 Å². The predicted octanol–water partition coefficient (Wildman–Crippen LogP) is 3.39. The summed E-state index contributed by atoms with van der Waals surface area (Å²) in [5, 5.41) is 5.90. The predicted molar refractivity (Wildman–Crippen MR) is 121 cm³/mol. The molecular weight excluding hydrogens is 409 g/mol. The molecule has 0 unspecified atom stereocenters. The van der Waals surface area contributed by atoms with E-state index in [2.05, 4.69) is 10.6 Å². The number of carbonyl (C=O) groups excluding carboxylic acids is 3. The highest BCUT2D eigenvalue weighted by atomic mass is 19.1. The van der Waals surface area contributed by atoms with Crippen LogP contribution in [0.25, 0.3) is 0 Å². The first kappa shape index (κ1) is 23.4. The van der Waals surface area contributed by atoms with Crippen molar-refractivity contribution < 1.29 is 18.8 Å². The lowest BCUT2D eigenvalue weighted by molar-refractivity contribution is -0.125. The topological polar surface area (TPSA) is 78.5 Å². The SMILES string of the molecule is CC[C@@H](C)NC(=O)[C@@H](NC(=O)c1ccccc1)C1CCN(C(=O)c2ccc(F)cc2)CC1. The molecule has 0 bridgehead atoms. The molecule has 0 spiro atoms. The monoisotopic (exact) mass is 439 g/mol. The van der Waals surface area contributed by atoms with Gasteiger partial charge in [-0.05, 0) is 68.5 Å². The lowest BCUT2D eigenvalue weighted by Crippen LogP contribution is -2.55. The Morgan fingerprint density at radius 3 is 2.19 bits per heavy atom. The molecular formula is C25H30FN3O3. The van der Waals surface area contributed by atoms with E-state index >= 15 is 0 Å². The minimum Gasteiger partial charge on any atom is -0.352 e. The summed E-state index contributed by atoms with van der Waals surface area (Å²) in [5.41, 5.74) is 0.936. The van der Waals surface area contributed by atoms with Crippen molar-refractivity contribution >= 4 is 17.7 Å². The van der Waals surface area contributed by atoms with E-state index in [1.165, 1.54) is 24.3 Å². The lowest BCUT2D eigenvalue weighted by atomic mass is 9.88. The van der Waals surface area contributed by atoms with Crippen LogP contribution in [0.15, 0.2) is 54.6 Å². The van der Waals surface area contributed by atoms with Crippen LogP contribution in [0.3, 0.4) is 0 Å². The molecule has 1 aliphatic rings. The van der Waals surface area contributed by atoms with Crippen molar-refractivity contribution in [2.24, 2.45) is 5.92 Å². The number of halogens is 1. The van der Waals surface area contributed by atoms with Crippen LogP contribution in [0, 0.1) is 11.7 Å². The number of nitrogens with zero attached hydrogens (tertiary/aromatic N) is 1. The number of likely N-dealkylation sites (tertiary alicyclic amines) is 1. The summed E-state index contributed by atoms with van der Waals surface area (Å²) in [6.07, 6.45) is 1.96. The molecule has 3 amide bonds. The summed E-state index contributed by atoms with van der Waals surface area (Å²) < 4.78 is 13.2. The number of benzene rings is 2. The zero-order valence-corrected chi connectivity index (χ0v) is 18.5. The van der Waals surface area contributed by atoms with Gasteiger partial charge in [-0.15, -0.1) is 0 Å². The number of amides is 3. The summed E-state index contributed by atoms with van der Waals surface area (Å²) >= 11 is 0. The molecule has 2 atom stereocenters. The fraction of sp³-hybridized carbons (Fsp3) is 0.400. The van der Waals surface area contributed by atoms with E-state index in [-0.39, 0.29) is 35.5 Å². The van der Waals surface area contributed by atoms with Gasteiger partial charge >= 0.3 is 0 Å². The van der Waals surface area contributed by atoms with Gasteiger partial charge in [-0.1, -0.05) is 25.1 Å². The van der Waals surface area contributed by atoms with Gasteiger partial charge in [0.2, 0.25) is 5.91 Å². The smallest absolute Gasteiger partial charge is 0.253 e. The molecule has 0 aromatic heterocycles. The second-order valence-electron chi connectivity index (χ2n) is 8.27. The Hall–Kier alpha value is -3.22. The fourth-order valence-corrected chi connectivity index (χ4v) is 3.86. The van der Waals surface area contributed by atoms with Crippen LogP contribution >= 0.6 is 0 Å². The van der Waals surface area contributed by atoms with Crippen molar-refractivity contribution in [3.05, 3.63) is 71.5 Å². The quantitative estimate of drug-likeness (QED) is 0.694. The van der Waals surface area contributed by atoms with Crippen molar-refractivity contribution in [3.63, 3.8) is 0 Å². The van der Waals surface area contributed by atoms with Gasteiger partial charge in [0.25, 0.3) is 11.8 Å². The average molecular weight is 440 g/mol. The standard InChI is InChI=1S/C25H30FN3O3/c1-3-17(2)27-24(31)22(28-23(30)19-7-5-4-6-8-19)18-13-15-29(16-14-18)25(32)20-9-11-21(26)12-10-20/h4-12,17-18,22H,3,13-16H2,1-2H3,(H,27,31)(H,28,30)/t17-,22+/m1/s1. The average Bonchev–Trinajstić information content (AvgIpc) is 2.83. The zero-order chi connectivity index (χ0) is 23.1.